The van der Waals surface area contributed by atoms with Gasteiger partial charge < -0.3 is 11.1 Å². The molecular formula is C15H23N3OS. The summed E-state index contributed by atoms with van der Waals surface area (Å²) in [5, 5.41) is 2.94. The predicted molar refractivity (Wildman–Crippen MR) is 84.9 cm³/mol. The van der Waals surface area contributed by atoms with Crippen molar-refractivity contribution in [1.29, 1.82) is 0 Å². The lowest BCUT2D eigenvalue weighted by molar-refractivity contribution is -0.122. The molecule has 2 rings (SSSR count). The van der Waals surface area contributed by atoms with Gasteiger partial charge in [-0.3, -0.25) is 9.69 Å². The second kappa shape index (κ2) is 8.29. The van der Waals surface area contributed by atoms with Crippen molar-refractivity contribution in [3.8, 4) is 0 Å². The van der Waals surface area contributed by atoms with Crippen LogP contribution in [0.4, 0.5) is 0 Å². The molecular weight excluding hydrogens is 270 g/mol. The predicted octanol–water partition coefficient (Wildman–Crippen LogP) is 0.721. The molecule has 5 heteroatoms. The van der Waals surface area contributed by atoms with Gasteiger partial charge in [-0.25, -0.2) is 0 Å². The van der Waals surface area contributed by atoms with Crippen molar-refractivity contribution in [1.82, 2.24) is 10.2 Å². The summed E-state index contributed by atoms with van der Waals surface area (Å²) in [5.74, 6) is 2.34. The Hall–Kier alpha value is -1.04. The van der Waals surface area contributed by atoms with Crippen LogP contribution in [0.3, 0.4) is 0 Å². The maximum absolute atomic E-state index is 11.9. The third-order valence-corrected chi connectivity index (χ3v) is 4.41. The van der Waals surface area contributed by atoms with Gasteiger partial charge in [0.2, 0.25) is 5.91 Å². The van der Waals surface area contributed by atoms with Crippen LogP contribution in [0.2, 0.25) is 0 Å². The highest BCUT2D eigenvalue weighted by Crippen LogP contribution is 2.08. The highest BCUT2D eigenvalue weighted by atomic mass is 32.2. The molecule has 3 N–H and O–H groups in total. The molecule has 0 aromatic heterocycles. The molecule has 1 saturated heterocycles. The van der Waals surface area contributed by atoms with Crippen LogP contribution in [-0.2, 0) is 11.2 Å². The number of hydrogen-bond donors (Lipinski definition) is 2. The van der Waals surface area contributed by atoms with Gasteiger partial charge in [0.25, 0.3) is 0 Å². The third kappa shape index (κ3) is 5.15. The van der Waals surface area contributed by atoms with Gasteiger partial charge >= 0.3 is 0 Å². The van der Waals surface area contributed by atoms with Gasteiger partial charge in [-0.2, -0.15) is 11.8 Å². The van der Waals surface area contributed by atoms with Crippen molar-refractivity contribution in [2.45, 2.75) is 12.5 Å². The monoisotopic (exact) mass is 293 g/mol. The lowest BCUT2D eigenvalue weighted by atomic mass is 10.1. The van der Waals surface area contributed by atoms with Crippen LogP contribution in [0.1, 0.15) is 5.56 Å². The van der Waals surface area contributed by atoms with E-state index < -0.39 is 6.04 Å². The number of nitrogens with zero attached hydrogens (tertiary/aromatic N) is 1. The number of carbonyl (C=O) groups excluding carboxylic acids is 1. The number of nitrogens with one attached hydrogen (secondary N) is 1. The van der Waals surface area contributed by atoms with E-state index in [4.69, 9.17) is 5.73 Å². The van der Waals surface area contributed by atoms with E-state index in [2.05, 4.69) is 10.2 Å². The molecule has 1 aliphatic heterocycles. The van der Waals surface area contributed by atoms with Gasteiger partial charge in [-0.1, -0.05) is 30.3 Å². The van der Waals surface area contributed by atoms with Gasteiger partial charge in [-0.15, -0.1) is 0 Å². The zero-order valence-corrected chi connectivity index (χ0v) is 12.6. The van der Waals surface area contributed by atoms with Crippen LogP contribution in [0, 0.1) is 0 Å². The zero-order valence-electron chi connectivity index (χ0n) is 11.8. The molecule has 1 amide bonds. The molecule has 110 valence electrons. The summed E-state index contributed by atoms with van der Waals surface area (Å²) in [7, 11) is 0. The van der Waals surface area contributed by atoms with E-state index in [0.717, 1.165) is 25.2 Å². The maximum Gasteiger partial charge on any atom is 0.237 e. The minimum atomic E-state index is -0.464. The summed E-state index contributed by atoms with van der Waals surface area (Å²) >= 11 is 2.00. The molecule has 1 heterocycles. The Kier molecular flexibility index (Phi) is 6.36. The minimum Gasteiger partial charge on any atom is -0.353 e. The zero-order chi connectivity index (χ0) is 14.2. The highest BCUT2D eigenvalue weighted by Gasteiger charge is 2.14. The maximum atomic E-state index is 11.9. The molecule has 1 atom stereocenters. The van der Waals surface area contributed by atoms with Gasteiger partial charge in [0.1, 0.15) is 0 Å². The number of thioether (sulfide) groups is 1. The number of hydrogen-bond acceptors (Lipinski definition) is 4. The summed E-state index contributed by atoms with van der Waals surface area (Å²) < 4.78 is 0. The second-order valence-electron chi connectivity index (χ2n) is 5.04. The Labute approximate surface area is 125 Å². The molecule has 1 aromatic rings. The molecule has 0 radical (unpaired) electrons. The van der Waals surface area contributed by atoms with Crippen LogP contribution >= 0.6 is 11.8 Å². The molecule has 1 aliphatic rings. The first-order chi connectivity index (χ1) is 9.75. The van der Waals surface area contributed by atoms with Crippen LogP contribution in [0.15, 0.2) is 30.3 Å². The largest absolute Gasteiger partial charge is 0.353 e. The fourth-order valence-corrected chi connectivity index (χ4v) is 3.23. The molecule has 4 nitrogen and oxygen atoms in total. The van der Waals surface area contributed by atoms with Crippen molar-refractivity contribution in [2.75, 3.05) is 37.7 Å². The Morgan fingerprint density at radius 1 is 1.30 bits per heavy atom. The van der Waals surface area contributed by atoms with E-state index in [0.29, 0.717) is 13.0 Å². The number of carbonyl (C=O) groups is 1. The van der Waals surface area contributed by atoms with Crippen molar-refractivity contribution >= 4 is 17.7 Å². The summed E-state index contributed by atoms with van der Waals surface area (Å²) in [6.45, 7) is 3.85. The Balaban J connectivity index is 1.66. The molecule has 20 heavy (non-hydrogen) atoms. The molecule has 1 aromatic carbocycles. The van der Waals surface area contributed by atoms with Gasteiger partial charge in [0.15, 0.2) is 0 Å². The Bertz CT molecular complexity index is 407. The van der Waals surface area contributed by atoms with Crippen LogP contribution < -0.4 is 11.1 Å². The quantitative estimate of drug-likeness (QED) is 0.811. The SMILES string of the molecule is N[C@@H](Cc1ccccc1)C(=O)NCCN1CCSCC1. The second-order valence-corrected chi connectivity index (χ2v) is 6.27. The first kappa shape index (κ1) is 15.4. The van der Waals surface area contributed by atoms with Crippen molar-refractivity contribution in [2.24, 2.45) is 5.73 Å². The highest BCUT2D eigenvalue weighted by molar-refractivity contribution is 7.99. The normalized spacial score (nSPS) is 17.6. The van der Waals surface area contributed by atoms with Crippen molar-refractivity contribution in [3.05, 3.63) is 35.9 Å². The van der Waals surface area contributed by atoms with Gasteiger partial charge in [0.05, 0.1) is 6.04 Å². The lowest BCUT2D eigenvalue weighted by Crippen LogP contribution is -2.45. The number of nitrogens with two attached hydrogens (primary N) is 1. The van der Waals surface area contributed by atoms with Crippen LogP contribution in [0.5, 0.6) is 0 Å². The average molecular weight is 293 g/mol. The summed E-state index contributed by atoms with van der Waals surface area (Å²) in [5.41, 5.74) is 7.04. The first-order valence-corrected chi connectivity index (χ1v) is 8.28. The number of amides is 1. The van der Waals surface area contributed by atoms with Crippen LogP contribution in [-0.4, -0.2) is 54.5 Å². The molecule has 0 bridgehead atoms. The van der Waals surface area contributed by atoms with E-state index >= 15 is 0 Å². The van der Waals surface area contributed by atoms with E-state index in [1.807, 2.05) is 42.1 Å². The third-order valence-electron chi connectivity index (χ3n) is 3.47. The van der Waals surface area contributed by atoms with E-state index in [9.17, 15) is 4.79 Å². The van der Waals surface area contributed by atoms with E-state index in [1.54, 1.807) is 0 Å². The van der Waals surface area contributed by atoms with Crippen molar-refractivity contribution < 1.29 is 4.79 Å². The van der Waals surface area contributed by atoms with E-state index in [1.165, 1.54) is 11.5 Å². The smallest absolute Gasteiger partial charge is 0.237 e. The molecule has 0 unspecified atom stereocenters. The fourth-order valence-electron chi connectivity index (χ4n) is 2.25. The average Bonchev–Trinajstić information content (AvgIpc) is 2.49. The first-order valence-electron chi connectivity index (χ1n) is 7.13. The lowest BCUT2D eigenvalue weighted by Gasteiger charge is -2.26. The Morgan fingerprint density at radius 2 is 2.00 bits per heavy atom. The molecule has 1 fully saturated rings. The summed E-state index contributed by atoms with van der Waals surface area (Å²) in [6, 6.07) is 9.43. The van der Waals surface area contributed by atoms with Crippen molar-refractivity contribution in [3.63, 3.8) is 0 Å². The molecule has 0 aliphatic carbocycles. The summed E-state index contributed by atoms with van der Waals surface area (Å²) in [4.78, 5) is 14.3. The van der Waals surface area contributed by atoms with E-state index in [-0.39, 0.29) is 5.91 Å². The Morgan fingerprint density at radius 3 is 2.70 bits per heavy atom. The van der Waals surface area contributed by atoms with Gasteiger partial charge in [-0.05, 0) is 12.0 Å². The topological polar surface area (TPSA) is 58.4 Å². The standard InChI is InChI=1S/C15H23N3OS/c16-14(12-13-4-2-1-3-5-13)15(19)17-6-7-18-8-10-20-11-9-18/h1-5,14H,6-12,16H2,(H,17,19)/t14-/m0/s1. The number of benzene rings is 1. The molecule has 0 spiro atoms. The van der Waals surface area contributed by atoms with Crippen LogP contribution in [0.25, 0.3) is 0 Å². The number of rotatable bonds is 6. The minimum absolute atomic E-state index is 0.0553. The fraction of sp³-hybridized carbons (Fsp3) is 0.533. The van der Waals surface area contributed by atoms with Gasteiger partial charge in [0, 0.05) is 37.7 Å². The molecule has 0 saturated carbocycles. The summed E-state index contributed by atoms with van der Waals surface area (Å²) in [6.07, 6.45) is 0.590.